The number of hydrogen-bond acceptors (Lipinski definition) is 1. The third kappa shape index (κ3) is 1.81. The van der Waals surface area contributed by atoms with Crippen LogP contribution in [0.25, 0.3) is 10.9 Å². The van der Waals surface area contributed by atoms with Crippen molar-refractivity contribution in [3.05, 3.63) is 71.9 Å². The smallest absolute Gasteiger partial charge is 0.0541 e. The molecule has 2 heteroatoms. The van der Waals surface area contributed by atoms with Gasteiger partial charge in [0, 0.05) is 23.0 Å². The molecule has 1 aromatic heterocycles. The highest BCUT2D eigenvalue weighted by atomic mass is 16.3. The van der Waals surface area contributed by atoms with Crippen molar-refractivity contribution < 1.29 is 5.11 Å². The van der Waals surface area contributed by atoms with E-state index in [-0.39, 0.29) is 12.5 Å². The molecule has 0 amide bonds. The van der Waals surface area contributed by atoms with Crippen molar-refractivity contribution in [2.45, 2.75) is 5.92 Å². The Labute approximate surface area is 106 Å². The first-order valence-electron chi connectivity index (χ1n) is 6.12. The quantitative estimate of drug-likeness (QED) is 0.720. The standard InChI is InChI=1S/C16H15NO/c18-11-15(12-6-2-1-3-7-12)14-10-17-16-9-5-4-8-13(14)16/h1-10,15,17-18H,11H2. The zero-order valence-electron chi connectivity index (χ0n) is 10.0. The van der Waals surface area contributed by atoms with Crippen LogP contribution in [0.4, 0.5) is 0 Å². The molecule has 2 nitrogen and oxygen atoms in total. The first-order valence-corrected chi connectivity index (χ1v) is 6.12. The molecule has 0 spiro atoms. The summed E-state index contributed by atoms with van der Waals surface area (Å²) >= 11 is 0. The molecule has 0 saturated heterocycles. The van der Waals surface area contributed by atoms with Crippen molar-refractivity contribution in [3.8, 4) is 0 Å². The predicted molar refractivity (Wildman–Crippen MR) is 73.7 cm³/mol. The lowest BCUT2D eigenvalue weighted by Gasteiger charge is -2.13. The summed E-state index contributed by atoms with van der Waals surface area (Å²) in [6.07, 6.45) is 2.00. The molecule has 1 heterocycles. The molecule has 0 bridgehead atoms. The summed E-state index contributed by atoms with van der Waals surface area (Å²) in [6, 6.07) is 18.3. The zero-order valence-corrected chi connectivity index (χ0v) is 10.0. The van der Waals surface area contributed by atoms with E-state index in [0.717, 1.165) is 16.6 Å². The van der Waals surface area contributed by atoms with Crippen LogP contribution in [0.1, 0.15) is 17.0 Å². The van der Waals surface area contributed by atoms with Gasteiger partial charge < -0.3 is 10.1 Å². The minimum Gasteiger partial charge on any atom is -0.395 e. The first kappa shape index (κ1) is 11.1. The molecule has 0 fully saturated rings. The molecule has 1 atom stereocenters. The minimum absolute atomic E-state index is 0.0300. The van der Waals surface area contributed by atoms with Gasteiger partial charge in [0.05, 0.1) is 6.61 Å². The van der Waals surface area contributed by atoms with Crippen molar-refractivity contribution in [1.29, 1.82) is 0 Å². The van der Waals surface area contributed by atoms with E-state index in [0.29, 0.717) is 0 Å². The minimum atomic E-state index is 0.0300. The topological polar surface area (TPSA) is 36.0 Å². The van der Waals surface area contributed by atoms with Crippen molar-refractivity contribution in [3.63, 3.8) is 0 Å². The molecule has 3 aromatic rings. The lowest BCUT2D eigenvalue weighted by atomic mass is 9.92. The lowest BCUT2D eigenvalue weighted by molar-refractivity contribution is 0.281. The highest BCUT2D eigenvalue weighted by Crippen LogP contribution is 2.30. The van der Waals surface area contributed by atoms with Crippen LogP contribution >= 0.6 is 0 Å². The maximum atomic E-state index is 9.70. The van der Waals surface area contributed by atoms with Gasteiger partial charge in [0.15, 0.2) is 0 Å². The number of aliphatic hydroxyl groups is 1. The highest BCUT2D eigenvalue weighted by molar-refractivity contribution is 5.84. The van der Waals surface area contributed by atoms with Gasteiger partial charge in [0.2, 0.25) is 0 Å². The van der Waals surface area contributed by atoms with Crippen molar-refractivity contribution in [2.24, 2.45) is 0 Å². The number of rotatable bonds is 3. The Hall–Kier alpha value is -2.06. The molecule has 0 aliphatic carbocycles. The molecule has 3 rings (SSSR count). The molecule has 0 aliphatic heterocycles. The molecule has 0 saturated carbocycles. The SMILES string of the molecule is OCC(c1ccccc1)c1c[nH]c2ccccc12. The maximum Gasteiger partial charge on any atom is 0.0541 e. The summed E-state index contributed by atoms with van der Waals surface area (Å²) in [5.74, 6) is 0.0300. The third-order valence-electron chi connectivity index (χ3n) is 3.38. The first-order chi connectivity index (χ1) is 8.90. The number of fused-ring (bicyclic) bond motifs is 1. The van der Waals surface area contributed by atoms with E-state index in [1.807, 2.05) is 36.5 Å². The van der Waals surface area contributed by atoms with Crippen molar-refractivity contribution in [2.75, 3.05) is 6.61 Å². The highest BCUT2D eigenvalue weighted by Gasteiger charge is 2.16. The number of aliphatic hydroxyl groups excluding tert-OH is 1. The summed E-state index contributed by atoms with van der Waals surface area (Å²) in [6.45, 7) is 0.117. The van der Waals surface area contributed by atoms with E-state index in [1.165, 1.54) is 5.39 Å². The second kappa shape index (κ2) is 4.67. The molecule has 90 valence electrons. The van der Waals surface area contributed by atoms with E-state index in [4.69, 9.17) is 0 Å². The Morgan fingerprint density at radius 1 is 0.944 bits per heavy atom. The van der Waals surface area contributed by atoms with E-state index < -0.39 is 0 Å². The van der Waals surface area contributed by atoms with Gasteiger partial charge in [-0.25, -0.2) is 0 Å². The van der Waals surface area contributed by atoms with E-state index in [2.05, 4.69) is 29.2 Å². The van der Waals surface area contributed by atoms with Gasteiger partial charge in [-0.3, -0.25) is 0 Å². The Morgan fingerprint density at radius 2 is 1.67 bits per heavy atom. The largest absolute Gasteiger partial charge is 0.395 e. The molecule has 0 aliphatic rings. The molecule has 1 unspecified atom stereocenters. The van der Waals surface area contributed by atoms with Crippen LogP contribution in [0.15, 0.2) is 60.8 Å². The van der Waals surface area contributed by atoms with Gasteiger partial charge in [0.1, 0.15) is 0 Å². The van der Waals surface area contributed by atoms with Crippen LogP contribution in [-0.4, -0.2) is 16.7 Å². The third-order valence-corrected chi connectivity index (χ3v) is 3.38. The second-order valence-electron chi connectivity index (χ2n) is 4.44. The molecule has 18 heavy (non-hydrogen) atoms. The van der Waals surface area contributed by atoms with Crippen molar-refractivity contribution >= 4 is 10.9 Å². The maximum absolute atomic E-state index is 9.70. The van der Waals surface area contributed by atoms with Crippen LogP contribution in [-0.2, 0) is 0 Å². The number of aromatic amines is 1. The second-order valence-corrected chi connectivity index (χ2v) is 4.44. The van der Waals surface area contributed by atoms with Crippen LogP contribution in [0.3, 0.4) is 0 Å². The lowest BCUT2D eigenvalue weighted by Crippen LogP contribution is -2.05. The van der Waals surface area contributed by atoms with Gasteiger partial charge in [-0.2, -0.15) is 0 Å². The van der Waals surface area contributed by atoms with Gasteiger partial charge in [-0.05, 0) is 17.2 Å². The summed E-state index contributed by atoms with van der Waals surface area (Å²) in [4.78, 5) is 3.26. The summed E-state index contributed by atoms with van der Waals surface area (Å²) in [5, 5.41) is 10.9. The molecular weight excluding hydrogens is 222 g/mol. The Morgan fingerprint density at radius 3 is 2.44 bits per heavy atom. The van der Waals surface area contributed by atoms with Gasteiger partial charge in [0.25, 0.3) is 0 Å². The fraction of sp³-hybridized carbons (Fsp3) is 0.125. The molecular formula is C16H15NO. The van der Waals surface area contributed by atoms with E-state index in [9.17, 15) is 5.11 Å². The Balaban J connectivity index is 2.12. The fourth-order valence-electron chi connectivity index (χ4n) is 2.45. The van der Waals surface area contributed by atoms with Gasteiger partial charge in [-0.15, -0.1) is 0 Å². The number of para-hydroxylation sites is 1. The molecule has 0 radical (unpaired) electrons. The number of aromatic nitrogens is 1. The van der Waals surface area contributed by atoms with Gasteiger partial charge in [-0.1, -0.05) is 48.5 Å². The average molecular weight is 237 g/mol. The zero-order chi connectivity index (χ0) is 12.4. The van der Waals surface area contributed by atoms with Crippen LogP contribution < -0.4 is 0 Å². The number of H-pyrrole nitrogens is 1. The van der Waals surface area contributed by atoms with Crippen molar-refractivity contribution in [1.82, 2.24) is 4.98 Å². The van der Waals surface area contributed by atoms with Gasteiger partial charge >= 0.3 is 0 Å². The molecule has 2 aromatic carbocycles. The van der Waals surface area contributed by atoms with Crippen LogP contribution in [0, 0.1) is 0 Å². The fourth-order valence-corrected chi connectivity index (χ4v) is 2.45. The summed E-state index contributed by atoms with van der Waals surface area (Å²) < 4.78 is 0. The molecule has 2 N–H and O–H groups in total. The number of nitrogens with one attached hydrogen (secondary N) is 1. The number of benzene rings is 2. The normalized spacial score (nSPS) is 12.7. The summed E-state index contributed by atoms with van der Waals surface area (Å²) in [7, 11) is 0. The predicted octanol–water partition coefficient (Wildman–Crippen LogP) is 3.29. The average Bonchev–Trinajstić information content (AvgIpc) is 2.85. The van der Waals surface area contributed by atoms with Crippen LogP contribution in [0.5, 0.6) is 0 Å². The Kier molecular flexibility index (Phi) is 2.87. The van der Waals surface area contributed by atoms with Crippen LogP contribution in [0.2, 0.25) is 0 Å². The summed E-state index contributed by atoms with van der Waals surface area (Å²) in [5.41, 5.74) is 3.41. The van der Waals surface area contributed by atoms with E-state index >= 15 is 0 Å². The van der Waals surface area contributed by atoms with E-state index in [1.54, 1.807) is 0 Å². The number of hydrogen-bond donors (Lipinski definition) is 2. The monoisotopic (exact) mass is 237 g/mol. The Bertz CT molecular complexity index is 642.